The van der Waals surface area contributed by atoms with E-state index in [9.17, 15) is 4.39 Å². The highest BCUT2D eigenvalue weighted by molar-refractivity contribution is 14.1. The van der Waals surface area contributed by atoms with E-state index in [2.05, 4.69) is 0 Å². The zero-order valence-corrected chi connectivity index (χ0v) is 12.4. The first kappa shape index (κ1) is 13.4. The van der Waals surface area contributed by atoms with Gasteiger partial charge in [0, 0.05) is 6.07 Å². The van der Waals surface area contributed by atoms with Gasteiger partial charge in [-0.15, -0.1) is 0 Å². The van der Waals surface area contributed by atoms with Crippen molar-refractivity contribution in [1.29, 1.82) is 0 Å². The number of halogens is 3. The molecule has 18 heavy (non-hydrogen) atoms. The predicted octanol–water partition coefficient (Wildman–Crippen LogP) is 4.77. The highest BCUT2D eigenvalue weighted by Gasteiger charge is 2.10. The Morgan fingerprint density at radius 1 is 1.22 bits per heavy atom. The van der Waals surface area contributed by atoms with Gasteiger partial charge in [-0.25, -0.2) is 4.39 Å². The van der Waals surface area contributed by atoms with E-state index >= 15 is 0 Å². The van der Waals surface area contributed by atoms with Crippen LogP contribution in [-0.4, -0.2) is 0 Å². The topological polar surface area (TPSA) is 35.2 Å². The minimum absolute atomic E-state index is 0.263. The Bertz CT molecular complexity index is 604. The first-order valence-electron chi connectivity index (χ1n) is 5.16. The fourth-order valence-electron chi connectivity index (χ4n) is 1.44. The van der Waals surface area contributed by atoms with Gasteiger partial charge in [0.1, 0.15) is 11.6 Å². The lowest BCUT2D eigenvalue weighted by Crippen LogP contribution is -1.95. The molecule has 0 bridgehead atoms. The number of ether oxygens (including phenoxy) is 1. The second kappa shape index (κ2) is 5.32. The quantitative estimate of drug-likeness (QED) is 0.604. The maximum absolute atomic E-state index is 13.5. The van der Waals surface area contributed by atoms with Crippen molar-refractivity contribution < 1.29 is 9.13 Å². The first-order chi connectivity index (χ1) is 8.47. The molecule has 0 unspecified atom stereocenters. The molecule has 2 aromatic rings. The molecule has 5 heteroatoms. The number of nitrogens with two attached hydrogens (primary N) is 1. The molecule has 0 aliphatic rings. The molecule has 0 atom stereocenters. The summed E-state index contributed by atoms with van der Waals surface area (Å²) in [5, 5.41) is 0.466. The number of anilines is 1. The summed E-state index contributed by atoms with van der Waals surface area (Å²) in [6, 6.07) is 8.14. The van der Waals surface area contributed by atoms with Crippen LogP contribution in [-0.2, 0) is 0 Å². The smallest absolute Gasteiger partial charge is 0.153 e. The summed E-state index contributed by atoms with van der Waals surface area (Å²) in [6.07, 6.45) is 0. The third-order valence-electron chi connectivity index (χ3n) is 2.36. The van der Waals surface area contributed by atoms with Crippen LogP contribution in [0.3, 0.4) is 0 Å². The number of nitrogen functional groups attached to an aromatic ring is 1. The Kier molecular flexibility index (Phi) is 3.97. The minimum Gasteiger partial charge on any atom is -0.454 e. The van der Waals surface area contributed by atoms with Crippen molar-refractivity contribution in [3.63, 3.8) is 0 Å². The molecule has 0 radical (unpaired) electrons. The molecule has 0 amide bonds. The van der Waals surface area contributed by atoms with Crippen molar-refractivity contribution in [3.8, 4) is 11.5 Å². The molecule has 0 saturated carbocycles. The Morgan fingerprint density at radius 2 is 1.94 bits per heavy atom. The Morgan fingerprint density at radius 3 is 2.61 bits per heavy atom. The molecule has 2 N–H and O–H groups in total. The van der Waals surface area contributed by atoms with Gasteiger partial charge in [0.05, 0.1) is 14.3 Å². The molecule has 0 aromatic heterocycles. The van der Waals surface area contributed by atoms with Crippen LogP contribution >= 0.6 is 34.2 Å². The highest BCUT2D eigenvalue weighted by Crippen LogP contribution is 2.34. The van der Waals surface area contributed by atoms with Gasteiger partial charge in [-0.2, -0.15) is 0 Å². The lowest BCUT2D eigenvalue weighted by molar-refractivity contribution is 0.478. The molecule has 0 heterocycles. The average molecular weight is 378 g/mol. The summed E-state index contributed by atoms with van der Waals surface area (Å²) in [4.78, 5) is 0. The standard InChI is InChI=1S/C13H10ClFINO/c1-7-2-3-12(8(14)4-7)18-13-5-9(15)10(16)6-11(13)17/h2-6H,17H2,1H3. The number of benzene rings is 2. The Balaban J connectivity index is 2.37. The fraction of sp³-hybridized carbons (Fsp3) is 0.0769. The van der Waals surface area contributed by atoms with E-state index in [1.807, 2.05) is 35.6 Å². The Hall–Kier alpha value is -1.01. The molecule has 0 fully saturated rings. The van der Waals surface area contributed by atoms with Crippen molar-refractivity contribution in [1.82, 2.24) is 0 Å². The van der Waals surface area contributed by atoms with Crippen molar-refractivity contribution in [3.05, 3.63) is 50.3 Å². The van der Waals surface area contributed by atoms with Crippen LogP contribution in [0.5, 0.6) is 11.5 Å². The van der Waals surface area contributed by atoms with Gasteiger partial charge in [0.2, 0.25) is 0 Å². The van der Waals surface area contributed by atoms with Crippen molar-refractivity contribution >= 4 is 39.9 Å². The van der Waals surface area contributed by atoms with Crippen LogP contribution < -0.4 is 10.5 Å². The zero-order valence-electron chi connectivity index (χ0n) is 9.51. The lowest BCUT2D eigenvalue weighted by atomic mass is 10.2. The first-order valence-corrected chi connectivity index (χ1v) is 6.61. The maximum Gasteiger partial charge on any atom is 0.153 e. The van der Waals surface area contributed by atoms with Gasteiger partial charge in [-0.3, -0.25) is 0 Å². The zero-order chi connectivity index (χ0) is 13.3. The number of rotatable bonds is 2. The molecule has 0 spiro atoms. The van der Waals surface area contributed by atoms with Gasteiger partial charge < -0.3 is 10.5 Å². The van der Waals surface area contributed by atoms with E-state index in [1.165, 1.54) is 12.1 Å². The van der Waals surface area contributed by atoms with Gasteiger partial charge >= 0.3 is 0 Å². The van der Waals surface area contributed by atoms with E-state index in [4.69, 9.17) is 22.1 Å². The summed E-state index contributed by atoms with van der Waals surface area (Å²) >= 11 is 7.91. The summed E-state index contributed by atoms with van der Waals surface area (Å²) in [5.41, 5.74) is 7.17. The fourth-order valence-corrected chi connectivity index (χ4v) is 2.20. The van der Waals surface area contributed by atoms with Crippen LogP contribution in [0.15, 0.2) is 30.3 Å². The Labute approximate surface area is 123 Å². The van der Waals surface area contributed by atoms with Gasteiger partial charge in [0.15, 0.2) is 5.75 Å². The van der Waals surface area contributed by atoms with Crippen LogP contribution in [0, 0.1) is 16.3 Å². The molecule has 0 saturated heterocycles. The van der Waals surface area contributed by atoms with Crippen molar-refractivity contribution in [2.75, 3.05) is 5.73 Å². The largest absolute Gasteiger partial charge is 0.454 e. The second-order valence-electron chi connectivity index (χ2n) is 3.84. The molecule has 2 rings (SSSR count). The SMILES string of the molecule is Cc1ccc(Oc2cc(F)c(I)cc2N)c(Cl)c1. The highest BCUT2D eigenvalue weighted by atomic mass is 127. The van der Waals surface area contributed by atoms with E-state index in [1.54, 1.807) is 12.1 Å². The number of aryl methyl sites for hydroxylation is 1. The van der Waals surface area contributed by atoms with Crippen LogP contribution in [0.25, 0.3) is 0 Å². The molecule has 0 aliphatic carbocycles. The van der Waals surface area contributed by atoms with Crippen molar-refractivity contribution in [2.24, 2.45) is 0 Å². The van der Waals surface area contributed by atoms with Crippen molar-refractivity contribution in [2.45, 2.75) is 6.92 Å². The third-order valence-corrected chi connectivity index (χ3v) is 3.48. The summed E-state index contributed by atoms with van der Waals surface area (Å²) in [6.45, 7) is 1.93. The minimum atomic E-state index is -0.372. The molecule has 2 nitrogen and oxygen atoms in total. The van der Waals surface area contributed by atoms with Gasteiger partial charge in [-0.05, 0) is 53.3 Å². The molecule has 0 aliphatic heterocycles. The van der Waals surface area contributed by atoms with Crippen LogP contribution in [0.1, 0.15) is 5.56 Å². The van der Waals surface area contributed by atoms with Gasteiger partial charge in [0.25, 0.3) is 0 Å². The van der Waals surface area contributed by atoms with Crippen LogP contribution in [0.2, 0.25) is 5.02 Å². The predicted molar refractivity (Wildman–Crippen MR) is 79.8 cm³/mol. The summed E-state index contributed by atoms with van der Waals surface area (Å²) < 4.78 is 19.4. The molecule has 2 aromatic carbocycles. The lowest BCUT2D eigenvalue weighted by Gasteiger charge is -2.11. The maximum atomic E-state index is 13.5. The van der Waals surface area contributed by atoms with E-state index in [0.29, 0.717) is 20.0 Å². The second-order valence-corrected chi connectivity index (χ2v) is 5.41. The molecular formula is C13H10ClFINO. The number of hydrogen-bond acceptors (Lipinski definition) is 2. The average Bonchev–Trinajstić information content (AvgIpc) is 2.29. The monoisotopic (exact) mass is 377 g/mol. The van der Waals surface area contributed by atoms with Gasteiger partial charge in [-0.1, -0.05) is 17.7 Å². The number of hydrogen-bond donors (Lipinski definition) is 1. The van der Waals surface area contributed by atoms with E-state index in [-0.39, 0.29) is 11.6 Å². The van der Waals surface area contributed by atoms with E-state index < -0.39 is 0 Å². The molecule has 94 valence electrons. The van der Waals surface area contributed by atoms with E-state index in [0.717, 1.165) is 5.56 Å². The molecular weight excluding hydrogens is 368 g/mol. The third kappa shape index (κ3) is 2.87. The normalized spacial score (nSPS) is 10.4. The summed E-state index contributed by atoms with van der Waals surface area (Å²) in [5.74, 6) is 0.344. The van der Waals surface area contributed by atoms with Crippen LogP contribution in [0.4, 0.5) is 10.1 Å². The summed E-state index contributed by atoms with van der Waals surface area (Å²) in [7, 11) is 0.